The molecule has 38 heavy (non-hydrogen) atoms. The van der Waals surface area contributed by atoms with Crippen LogP contribution in [0.1, 0.15) is 132 Å². The van der Waals surface area contributed by atoms with E-state index in [9.17, 15) is 13.2 Å². The molecule has 8 heteroatoms. The van der Waals surface area contributed by atoms with Crippen LogP contribution in [-0.4, -0.2) is 14.3 Å². The van der Waals surface area contributed by atoms with Gasteiger partial charge in [-0.3, -0.25) is 4.79 Å². The average Bonchev–Trinajstić information content (AvgIpc) is 2.78. The first-order valence-electron chi connectivity index (χ1n) is 13.2. The van der Waals surface area contributed by atoms with Gasteiger partial charge < -0.3 is 4.18 Å². The van der Waals surface area contributed by atoms with Crippen LogP contribution in [0.25, 0.3) is 0 Å². The molecule has 0 unspecified atom stereocenters. The largest absolute Gasteiger partial charge is 0.409 e. The second kappa shape index (κ2) is 13.0. The molecule has 2 aromatic carbocycles. The van der Waals surface area contributed by atoms with Gasteiger partial charge in [0.25, 0.3) is 0 Å². The number of amides is 1. The lowest BCUT2D eigenvalue weighted by molar-refractivity contribution is -0.118. The van der Waals surface area contributed by atoms with Gasteiger partial charge in [-0.15, -0.1) is 0 Å². The average molecular weight is 559 g/mol. The van der Waals surface area contributed by atoms with Crippen molar-refractivity contribution < 1.29 is 17.4 Å². The zero-order chi connectivity index (χ0) is 28.9. The third-order valence-corrected chi connectivity index (χ3v) is 7.98. The predicted octanol–water partition coefficient (Wildman–Crippen LogP) is 7.86. The summed E-state index contributed by atoms with van der Waals surface area (Å²) >= 11 is 1.02. The molecule has 0 saturated heterocycles. The van der Waals surface area contributed by atoms with Crippen LogP contribution in [0.4, 0.5) is 0 Å². The van der Waals surface area contributed by atoms with E-state index in [1.165, 1.54) is 5.56 Å². The van der Waals surface area contributed by atoms with Crippen LogP contribution >= 0.6 is 11.8 Å². The Labute approximate surface area is 233 Å². The second-order valence-electron chi connectivity index (χ2n) is 11.3. The number of benzene rings is 2. The van der Waals surface area contributed by atoms with Gasteiger partial charge in [-0.05, 0) is 86.9 Å². The molecule has 0 aliphatic heterocycles. The standard InChI is InChI=1S/C30H42N2O4S2/c1-17(2)22-11-24(18(3)4)28(25(12-22)19(5)6)15-29(33)32-38(34,35)36-30-26(20(7)8)13-23(37-16-31)14-27(30)21(9)10/h11-14,17-21H,15H2,1-10H3,(H,32,33). The summed E-state index contributed by atoms with van der Waals surface area (Å²) < 4.78 is 34.0. The minimum atomic E-state index is -4.45. The predicted molar refractivity (Wildman–Crippen MR) is 156 cm³/mol. The highest BCUT2D eigenvalue weighted by Crippen LogP contribution is 2.39. The summed E-state index contributed by atoms with van der Waals surface area (Å²) in [6, 6.07) is 7.83. The van der Waals surface area contributed by atoms with E-state index in [0.717, 1.165) is 33.3 Å². The highest BCUT2D eigenvalue weighted by atomic mass is 32.2. The van der Waals surface area contributed by atoms with Gasteiger partial charge in [-0.1, -0.05) is 81.4 Å². The van der Waals surface area contributed by atoms with E-state index >= 15 is 0 Å². The fourth-order valence-corrected chi connectivity index (χ4v) is 5.77. The van der Waals surface area contributed by atoms with Crippen molar-refractivity contribution in [2.75, 3.05) is 0 Å². The molecule has 0 saturated carbocycles. The molecule has 208 valence electrons. The van der Waals surface area contributed by atoms with E-state index in [1.807, 2.05) is 27.7 Å². The van der Waals surface area contributed by atoms with Crippen LogP contribution in [0.2, 0.25) is 0 Å². The molecular formula is C30H42N2O4S2. The Kier molecular flexibility index (Phi) is 10.9. The highest BCUT2D eigenvalue weighted by Gasteiger charge is 2.26. The topological polar surface area (TPSA) is 96.3 Å². The quantitative estimate of drug-likeness (QED) is 0.223. The number of nitrogens with one attached hydrogen (secondary N) is 1. The summed E-state index contributed by atoms with van der Waals surface area (Å²) in [6.07, 6.45) is -0.0617. The Morgan fingerprint density at radius 1 is 0.816 bits per heavy atom. The molecule has 0 aliphatic carbocycles. The summed E-state index contributed by atoms with van der Waals surface area (Å²) in [5.74, 6) is 0.140. The van der Waals surface area contributed by atoms with Gasteiger partial charge in [0.2, 0.25) is 5.91 Å². The number of carbonyl (C=O) groups excluding carboxylic acids is 1. The van der Waals surface area contributed by atoms with Gasteiger partial charge in [0.15, 0.2) is 5.75 Å². The van der Waals surface area contributed by atoms with Crippen LogP contribution in [0, 0.1) is 10.7 Å². The van der Waals surface area contributed by atoms with Crippen molar-refractivity contribution in [2.45, 2.75) is 110 Å². The van der Waals surface area contributed by atoms with Gasteiger partial charge in [0.05, 0.1) is 6.42 Å². The zero-order valence-electron chi connectivity index (χ0n) is 24.3. The Balaban J connectivity index is 2.46. The third kappa shape index (κ3) is 8.00. The summed E-state index contributed by atoms with van der Waals surface area (Å²) in [7, 11) is -4.45. The minimum absolute atomic E-state index is 0.0608. The van der Waals surface area contributed by atoms with Crippen molar-refractivity contribution in [2.24, 2.45) is 0 Å². The van der Waals surface area contributed by atoms with Crippen molar-refractivity contribution >= 4 is 28.0 Å². The molecular weight excluding hydrogens is 516 g/mol. The van der Waals surface area contributed by atoms with Crippen LogP contribution in [0.5, 0.6) is 5.75 Å². The maximum Gasteiger partial charge on any atom is 0.409 e. The van der Waals surface area contributed by atoms with E-state index in [-0.39, 0.29) is 35.8 Å². The van der Waals surface area contributed by atoms with Crippen molar-refractivity contribution in [3.05, 3.63) is 57.6 Å². The van der Waals surface area contributed by atoms with Crippen molar-refractivity contribution in [1.29, 1.82) is 5.26 Å². The van der Waals surface area contributed by atoms with Crippen molar-refractivity contribution in [3.8, 4) is 11.2 Å². The first-order chi connectivity index (χ1) is 17.6. The van der Waals surface area contributed by atoms with Gasteiger partial charge in [-0.25, -0.2) is 4.72 Å². The highest BCUT2D eigenvalue weighted by molar-refractivity contribution is 8.03. The Bertz CT molecular complexity index is 1250. The lowest BCUT2D eigenvalue weighted by Crippen LogP contribution is -2.36. The van der Waals surface area contributed by atoms with Crippen LogP contribution in [0.15, 0.2) is 29.2 Å². The normalized spacial score (nSPS) is 12.1. The zero-order valence-corrected chi connectivity index (χ0v) is 25.9. The smallest absolute Gasteiger partial charge is 0.366 e. The monoisotopic (exact) mass is 558 g/mol. The number of thiocyanates is 1. The summed E-state index contributed by atoms with van der Waals surface area (Å²) in [5, 5.41) is 11.2. The summed E-state index contributed by atoms with van der Waals surface area (Å²) in [4.78, 5) is 13.9. The van der Waals surface area contributed by atoms with E-state index in [0.29, 0.717) is 17.0 Å². The molecule has 0 spiro atoms. The molecule has 0 bridgehead atoms. The Morgan fingerprint density at radius 2 is 1.26 bits per heavy atom. The van der Waals surface area contributed by atoms with Crippen molar-refractivity contribution in [1.82, 2.24) is 4.72 Å². The van der Waals surface area contributed by atoms with Crippen LogP contribution in [-0.2, 0) is 21.5 Å². The molecule has 1 N–H and O–H groups in total. The number of thioether (sulfide) groups is 1. The molecule has 0 heterocycles. The lowest BCUT2D eigenvalue weighted by atomic mass is 9.83. The number of hydrogen-bond acceptors (Lipinski definition) is 6. The van der Waals surface area contributed by atoms with Crippen molar-refractivity contribution in [3.63, 3.8) is 0 Å². The third-order valence-electron chi connectivity index (χ3n) is 6.55. The first-order valence-corrected chi connectivity index (χ1v) is 15.5. The fraction of sp³-hybridized carbons (Fsp3) is 0.533. The Morgan fingerprint density at radius 3 is 1.63 bits per heavy atom. The summed E-state index contributed by atoms with van der Waals surface area (Å²) in [5.41, 5.74) is 5.53. The minimum Gasteiger partial charge on any atom is -0.366 e. The van der Waals surface area contributed by atoms with Gasteiger partial charge >= 0.3 is 10.3 Å². The molecule has 0 atom stereocenters. The fourth-order valence-electron chi connectivity index (χ4n) is 4.49. The van der Waals surface area contributed by atoms with Crippen LogP contribution < -0.4 is 8.91 Å². The SMILES string of the molecule is CC(C)c1cc(C(C)C)c(CC(=O)NS(=O)(=O)Oc2c(C(C)C)cc(SC#N)cc2C(C)C)c(C(C)C)c1. The van der Waals surface area contributed by atoms with Gasteiger partial charge in [0.1, 0.15) is 5.40 Å². The molecule has 1 amide bonds. The van der Waals surface area contributed by atoms with E-state index in [1.54, 1.807) is 12.1 Å². The number of rotatable bonds is 11. The van der Waals surface area contributed by atoms with Gasteiger partial charge in [-0.2, -0.15) is 13.7 Å². The van der Waals surface area contributed by atoms with E-state index in [2.05, 4.69) is 63.8 Å². The molecule has 6 nitrogen and oxygen atoms in total. The lowest BCUT2D eigenvalue weighted by Gasteiger charge is -2.23. The number of nitrogens with zero attached hydrogens (tertiary/aromatic N) is 1. The first kappa shape index (κ1) is 31.7. The number of nitriles is 1. The molecule has 0 fully saturated rings. The van der Waals surface area contributed by atoms with E-state index < -0.39 is 16.2 Å². The molecule has 2 rings (SSSR count). The van der Waals surface area contributed by atoms with Crippen LogP contribution in [0.3, 0.4) is 0 Å². The molecule has 0 aliphatic rings. The second-order valence-corrected chi connectivity index (χ2v) is 13.5. The summed E-state index contributed by atoms with van der Waals surface area (Å²) in [6.45, 7) is 20.3. The molecule has 0 aromatic heterocycles. The Hall–Kier alpha value is -2.50. The number of carbonyl (C=O) groups is 1. The molecule has 0 radical (unpaired) electrons. The number of hydrogen-bond donors (Lipinski definition) is 1. The molecule has 2 aromatic rings. The van der Waals surface area contributed by atoms with E-state index in [4.69, 9.17) is 9.44 Å². The van der Waals surface area contributed by atoms with Gasteiger partial charge in [0, 0.05) is 4.90 Å². The maximum atomic E-state index is 13.2. The maximum absolute atomic E-state index is 13.2.